The lowest BCUT2D eigenvalue weighted by molar-refractivity contribution is -0.115. The van der Waals surface area contributed by atoms with E-state index in [9.17, 15) is 14.7 Å². The van der Waals surface area contributed by atoms with Crippen molar-refractivity contribution in [3.05, 3.63) is 113 Å². The van der Waals surface area contributed by atoms with Gasteiger partial charge in [-0.3, -0.25) is 9.59 Å². The highest BCUT2D eigenvalue weighted by atomic mass is 16.3. The second kappa shape index (κ2) is 6.78. The summed E-state index contributed by atoms with van der Waals surface area (Å²) in [6, 6.07) is 22.6. The molecule has 2 atom stereocenters. The summed E-state index contributed by atoms with van der Waals surface area (Å²) < 4.78 is 0. The van der Waals surface area contributed by atoms with Gasteiger partial charge in [-0.2, -0.15) is 0 Å². The number of carbonyl (C=O) groups is 2. The maximum Gasteiger partial charge on any atom is 0.191 e. The van der Waals surface area contributed by atoms with E-state index >= 15 is 0 Å². The smallest absolute Gasteiger partial charge is 0.191 e. The first-order chi connectivity index (χ1) is 16.3. The van der Waals surface area contributed by atoms with Crippen LogP contribution in [0.4, 0.5) is 5.69 Å². The molecule has 6 rings (SSSR count). The van der Waals surface area contributed by atoms with Crippen LogP contribution in [-0.2, 0) is 15.9 Å². The van der Waals surface area contributed by atoms with Gasteiger partial charge in [0.25, 0.3) is 0 Å². The Morgan fingerprint density at radius 2 is 1.59 bits per heavy atom. The molecular formula is C29H24N2O3. The van der Waals surface area contributed by atoms with Crippen molar-refractivity contribution in [1.29, 1.82) is 0 Å². The minimum absolute atomic E-state index is 0.239. The number of H-pyrrole nitrogens is 1. The summed E-state index contributed by atoms with van der Waals surface area (Å²) >= 11 is 0. The number of nitrogens with zero attached hydrogens (tertiary/aromatic N) is 1. The number of allylic oxidation sites excluding steroid dienone is 1. The Hall–Kier alpha value is -3.96. The van der Waals surface area contributed by atoms with E-state index < -0.39 is 11.1 Å². The fourth-order valence-electron chi connectivity index (χ4n) is 6.17. The van der Waals surface area contributed by atoms with Gasteiger partial charge in [0.15, 0.2) is 17.3 Å². The lowest BCUT2D eigenvalue weighted by atomic mass is 9.66. The molecule has 1 aromatic heterocycles. The molecule has 2 N–H and O–H groups in total. The summed E-state index contributed by atoms with van der Waals surface area (Å²) in [5.74, 6) is -0.508. The number of carbonyl (C=O) groups excluding carboxylic acids is 2. The summed E-state index contributed by atoms with van der Waals surface area (Å²) in [7, 11) is 0. The fraction of sp³-hybridized carbons (Fsp3) is 0.172. The average molecular weight is 449 g/mol. The number of aromatic amines is 1. The molecule has 2 heterocycles. The second-order valence-electron chi connectivity index (χ2n) is 9.23. The summed E-state index contributed by atoms with van der Waals surface area (Å²) in [5, 5.41) is 13.7. The molecule has 0 spiro atoms. The third-order valence-corrected chi connectivity index (χ3v) is 7.44. The number of Topliss-reactive ketones (excluding diaryl/α,β-unsaturated/α-hetero) is 2. The van der Waals surface area contributed by atoms with Crippen LogP contribution in [0.2, 0.25) is 0 Å². The number of aromatic nitrogens is 1. The van der Waals surface area contributed by atoms with Gasteiger partial charge in [0, 0.05) is 50.7 Å². The van der Waals surface area contributed by atoms with Crippen LogP contribution in [0, 0.1) is 6.92 Å². The largest absolute Gasteiger partial charge is 0.365 e. The molecule has 2 unspecified atom stereocenters. The van der Waals surface area contributed by atoms with Crippen LogP contribution in [0.3, 0.4) is 0 Å². The van der Waals surface area contributed by atoms with E-state index in [2.05, 4.69) is 4.98 Å². The zero-order chi connectivity index (χ0) is 23.8. The minimum atomic E-state index is -1.81. The lowest BCUT2D eigenvalue weighted by Crippen LogP contribution is -2.55. The van der Waals surface area contributed by atoms with Crippen LogP contribution in [-0.4, -0.2) is 21.7 Å². The van der Waals surface area contributed by atoms with Crippen LogP contribution in [0.25, 0.3) is 10.9 Å². The maximum absolute atomic E-state index is 14.5. The Bertz CT molecular complexity index is 1550. The van der Waals surface area contributed by atoms with E-state index in [0.29, 0.717) is 28.0 Å². The summed E-state index contributed by atoms with van der Waals surface area (Å²) in [5.41, 5.74) is 1.64. The normalized spacial score (nSPS) is 23.5. The Morgan fingerprint density at radius 3 is 2.32 bits per heavy atom. The van der Waals surface area contributed by atoms with E-state index in [-0.39, 0.29) is 11.6 Å². The molecule has 34 heavy (non-hydrogen) atoms. The van der Waals surface area contributed by atoms with Crippen molar-refractivity contribution in [2.75, 3.05) is 4.90 Å². The van der Waals surface area contributed by atoms with Crippen molar-refractivity contribution in [2.24, 2.45) is 0 Å². The van der Waals surface area contributed by atoms with Gasteiger partial charge < -0.3 is 15.0 Å². The average Bonchev–Trinajstić information content (AvgIpc) is 3.40. The molecule has 0 radical (unpaired) electrons. The highest BCUT2D eigenvalue weighted by Crippen LogP contribution is 2.64. The first-order valence-electron chi connectivity index (χ1n) is 11.4. The molecule has 168 valence electrons. The number of anilines is 1. The van der Waals surface area contributed by atoms with Crippen LogP contribution in [0.1, 0.15) is 40.9 Å². The number of hydrogen-bond donors (Lipinski definition) is 2. The monoisotopic (exact) mass is 448 g/mol. The predicted molar refractivity (Wildman–Crippen MR) is 132 cm³/mol. The van der Waals surface area contributed by atoms with Crippen molar-refractivity contribution in [1.82, 2.24) is 4.98 Å². The molecule has 3 aromatic carbocycles. The molecular weight excluding hydrogens is 424 g/mol. The minimum Gasteiger partial charge on any atom is -0.365 e. The van der Waals surface area contributed by atoms with Gasteiger partial charge in [0.2, 0.25) is 0 Å². The van der Waals surface area contributed by atoms with E-state index in [1.54, 1.807) is 29.3 Å². The van der Waals surface area contributed by atoms with Gasteiger partial charge in [-0.05, 0) is 39.0 Å². The highest BCUT2D eigenvalue weighted by molar-refractivity contribution is 6.21. The number of ketones is 2. The zero-order valence-corrected chi connectivity index (χ0v) is 19.2. The molecule has 5 heteroatoms. The van der Waals surface area contributed by atoms with Crippen molar-refractivity contribution in [2.45, 2.75) is 31.9 Å². The molecule has 1 aliphatic carbocycles. The number of rotatable bonds is 3. The fourth-order valence-corrected chi connectivity index (χ4v) is 6.17. The second-order valence-corrected chi connectivity index (χ2v) is 9.23. The standard InChI is InChI=1S/C29H24N2O3/c1-17-12-14-20(15-13-17)31-18(2)26(19(3)32)28(24-16-30-25-11-7-5-8-21(24)25)27(33)22-9-4-6-10-23(22)29(28,31)34/h4-16,30,34H,1-3H3. The molecule has 5 nitrogen and oxygen atoms in total. The quantitative estimate of drug-likeness (QED) is 0.455. The van der Waals surface area contributed by atoms with E-state index in [0.717, 1.165) is 22.2 Å². The van der Waals surface area contributed by atoms with E-state index in [4.69, 9.17) is 0 Å². The maximum atomic E-state index is 14.5. The molecule has 0 saturated heterocycles. The van der Waals surface area contributed by atoms with Gasteiger partial charge in [-0.15, -0.1) is 0 Å². The first kappa shape index (κ1) is 20.6. The van der Waals surface area contributed by atoms with Gasteiger partial charge in [-0.1, -0.05) is 60.2 Å². The number of aryl methyl sites for hydroxylation is 1. The Kier molecular flexibility index (Phi) is 4.11. The van der Waals surface area contributed by atoms with Crippen molar-refractivity contribution >= 4 is 28.2 Å². The topological polar surface area (TPSA) is 73.4 Å². The van der Waals surface area contributed by atoms with Crippen LogP contribution in [0.15, 0.2) is 90.3 Å². The first-order valence-corrected chi connectivity index (χ1v) is 11.4. The molecule has 0 saturated carbocycles. The Labute approximate surface area is 197 Å². The van der Waals surface area contributed by atoms with Gasteiger partial charge in [-0.25, -0.2) is 0 Å². The van der Waals surface area contributed by atoms with Crippen LogP contribution < -0.4 is 4.90 Å². The SMILES string of the molecule is CC(=O)C1=C(C)N(c2ccc(C)cc2)C2(O)c3ccccc3C(=O)C12c1c[nH]c2ccccc12. The summed E-state index contributed by atoms with van der Waals surface area (Å²) in [6.07, 6.45) is 1.77. The van der Waals surface area contributed by atoms with Crippen molar-refractivity contribution in [3.63, 3.8) is 0 Å². The Balaban J connectivity index is 1.79. The number of aliphatic hydroxyl groups is 1. The zero-order valence-electron chi connectivity index (χ0n) is 19.2. The molecule has 1 aliphatic heterocycles. The number of fused-ring (bicyclic) bond motifs is 4. The highest BCUT2D eigenvalue weighted by Gasteiger charge is 2.73. The van der Waals surface area contributed by atoms with Gasteiger partial charge in [0.05, 0.1) is 0 Å². The number of hydrogen-bond acceptors (Lipinski definition) is 4. The third kappa shape index (κ3) is 2.22. The number of benzene rings is 3. The lowest BCUT2D eigenvalue weighted by Gasteiger charge is -2.43. The summed E-state index contributed by atoms with van der Waals surface area (Å²) in [6.45, 7) is 5.29. The van der Waals surface area contributed by atoms with Gasteiger partial charge >= 0.3 is 0 Å². The molecule has 0 bridgehead atoms. The summed E-state index contributed by atoms with van der Waals surface area (Å²) in [4.78, 5) is 32.8. The predicted octanol–water partition coefficient (Wildman–Crippen LogP) is 5.14. The van der Waals surface area contributed by atoms with Crippen LogP contribution in [0.5, 0.6) is 0 Å². The van der Waals surface area contributed by atoms with E-state index in [1.165, 1.54) is 6.92 Å². The molecule has 2 aliphatic rings. The van der Waals surface area contributed by atoms with E-state index in [1.807, 2.05) is 68.4 Å². The number of nitrogens with one attached hydrogen (secondary N) is 1. The molecule has 0 amide bonds. The Morgan fingerprint density at radius 1 is 0.912 bits per heavy atom. The molecule has 4 aromatic rings. The van der Waals surface area contributed by atoms with Crippen molar-refractivity contribution < 1.29 is 14.7 Å². The third-order valence-electron chi connectivity index (χ3n) is 7.44. The van der Waals surface area contributed by atoms with Crippen LogP contribution >= 0.6 is 0 Å². The van der Waals surface area contributed by atoms with Gasteiger partial charge in [0.1, 0.15) is 5.41 Å². The number of para-hydroxylation sites is 1. The molecule has 0 fully saturated rings. The van der Waals surface area contributed by atoms with Crippen molar-refractivity contribution in [3.8, 4) is 0 Å².